The normalized spacial score (nSPS) is 19.3. The van der Waals surface area contributed by atoms with E-state index in [1.807, 2.05) is 24.3 Å². The van der Waals surface area contributed by atoms with E-state index in [0.717, 1.165) is 11.3 Å². The van der Waals surface area contributed by atoms with Crippen molar-refractivity contribution >= 4 is 11.8 Å². The first-order valence-corrected chi connectivity index (χ1v) is 9.24. The summed E-state index contributed by atoms with van der Waals surface area (Å²) in [5.41, 5.74) is 1.02. The molecule has 2 atom stereocenters. The van der Waals surface area contributed by atoms with Gasteiger partial charge in [-0.1, -0.05) is 26.0 Å². The Kier molecular flexibility index (Phi) is 5.84. The Morgan fingerprint density at radius 1 is 1.22 bits per heavy atom. The van der Waals surface area contributed by atoms with Gasteiger partial charge in [0.25, 0.3) is 5.91 Å². The van der Waals surface area contributed by atoms with Crippen LogP contribution >= 0.6 is 0 Å². The van der Waals surface area contributed by atoms with Gasteiger partial charge in [-0.3, -0.25) is 9.59 Å². The minimum Gasteiger partial charge on any atom is -0.497 e. The summed E-state index contributed by atoms with van der Waals surface area (Å²) in [6.45, 7) is 5.59. The van der Waals surface area contributed by atoms with E-state index in [1.165, 1.54) is 6.26 Å². The molecule has 1 fully saturated rings. The number of nitrogens with one attached hydrogen (secondary N) is 1. The summed E-state index contributed by atoms with van der Waals surface area (Å²) < 4.78 is 10.5. The minimum atomic E-state index is -0.295. The number of carbonyl (C=O) groups is 2. The number of carbonyl (C=O) groups excluding carboxylic acids is 2. The van der Waals surface area contributed by atoms with Crippen LogP contribution in [-0.4, -0.2) is 43.5 Å². The zero-order chi connectivity index (χ0) is 19.4. The van der Waals surface area contributed by atoms with Crippen LogP contribution in [0.1, 0.15) is 35.9 Å². The molecule has 6 nitrogen and oxygen atoms in total. The van der Waals surface area contributed by atoms with Crippen molar-refractivity contribution in [1.82, 2.24) is 10.2 Å². The van der Waals surface area contributed by atoms with Gasteiger partial charge in [-0.2, -0.15) is 0 Å². The lowest BCUT2D eigenvalue weighted by Gasteiger charge is -2.19. The molecule has 3 rings (SSSR count). The smallest absolute Gasteiger partial charge is 0.289 e. The molecule has 2 amide bonds. The second kappa shape index (κ2) is 8.29. The van der Waals surface area contributed by atoms with Crippen molar-refractivity contribution in [2.24, 2.45) is 11.8 Å². The Morgan fingerprint density at radius 3 is 2.56 bits per heavy atom. The number of hydrogen-bond donors (Lipinski definition) is 1. The van der Waals surface area contributed by atoms with Gasteiger partial charge in [0, 0.05) is 25.6 Å². The molecule has 2 heterocycles. The highest BCUT2D eigenvalue weighted by atomic mass is 16.5. The topological polar surface area (TPSA) is 71.8 Å². The number of methoxy groups -OCH3 is 1. The molecule has 1 aliphatic rings. The van der Waals surface area contributed by atoms with Crippen LogP contribution in [-0.2, 0) is 4.79 Å². The second-order valence-corrected chi connectivity index (χ2v) is 7.31. The van der Waals surface area contributed by atoms with E-state index in [4.69, 9.17) is 9.15 Å². The lowest BCUT2D eigenvalue weighted by molar-refractivity contribution is -0.125. The standard InChI is InChI=1S/C21H26N2O4/c1-14(2)11-22-20(24)18-13-23(21(25)19-5-4-10-27-19)12-17(18)15-6-8-16(26-3)9-7-15/h4-10,14,17-18H,11-13H2,1-3H3,(H,22,24). The lowest BCUT2D eigenvalue weighted by atomic mass is 9.88. The third kappa shape index (κ3) is 4.32. The molecule has 6 heteroatoms. The van der Waals surface area contributed by atoms with Crippen LogP contribution in [0.5, 0.6) is 5.75 Å². The zero-order valence-corrected chi connectivity index (χ0v) is 16.0. The van der Waals surface area contributed by atoms with Gasteiger partial charge >= 0.3 is 0 Å². The summed E-state index contributed by atoms with van der Waals surface area (Å²) >= 11 is 0. The Balaban J connectivity index is 1.81. The van der Waals surface area contributed by atoms with Gasteiger partial charge in [0.2, 0.25) is 5.91 Å². The maximum atomic E-state index is 12.8. The summed E-state index contributed by atoms with van der Waals surface area (Å²) in [6.07, 6.45) is 1.48. The molecule has 144 valence electrons. The van der Waals surface area contributed by atoms with Crippen LogP contribution in [0.25, 0.3) is 0 Å². The van der Waals surface area contributed by atoms with E-state index in [1.54, 1.807) is 24.1 Å². The molecular formula is C21H26N2O4. The summed E-state index contributed by atoms with van der Waals surface area (Å²) in [6, 6.07) is 11.0. The van der Waals surface area contributed by atoms with Gasteiger partial charge < -0.3 is 19.4 Å². The van der Waals surface area contributed by atoms with Crippen LogP contribution in [0.15, 0.2) is 47.1 Å². The first-order valence-electron chi connectivity index (χ1n) is 9.24. The summed E-state index contributed by atoms with van der Waals surface area (Å²) in [5.74, 6) is 0.874. The van der Waals surface area contributed by atoms with Crippen molar-refractivity contribution in [3.63, 3.8) is 0 Å². The molecule has 0 radical (unpaired) electrons. The highest BCUT2D eigenvalue weighted by molar-refractivity contribution is 5.92. The van der Waals surface area contributed by atoms with Gasteiger partial charge in [-0.15, -0.1) is 0 Å². The molecule has 0 aliphatic carbocycles. The summed E-state index contributed by atoms with van der Waals surface area (Å²) in [7, 11) is 1.62. The molecule has 27 heavy (non-hydrogen) atoms. The lowest BCUT2D eigenvalue weighted by Crippen LogP contribution is -2.37. The number of benzene rings is 1. The number of ether oxygens (including phenoxy) is 1. The molecular weight excluding hydrogens is 344 g/mol. The maximum Gasteiger partial charge on any atom is 0.289 e. The van der Waals surface area contributed by atoms with E-state index in [2.05, 4.69) is 19.2 Å². The molecule has 1 aromatic carbocycles. The average Bonchev–Trinajstić information content (AvgIpc) is 3.35. The number of likely N-dealkylation sites (tertiary alicyclic amines) is 1. The number of nitrogens with zero attached hydrogens (tertiary/aromatic N) is 1. The van der Waals surface area contributed by atoms with E-state index in [9.17, 15) is 9.59 Å². The maximum absolute atomic E-state index is 12.8. The molecule has 1 aromatic heterocycles. The highest BCUT2D eigenvalue weighted by Gasteiger charge is 2.41. The molecule has 1 aliphatic heterocycles. The largest absolute Gasteiger partial charge is 0.497 e. The second-order valence-electron chi connectivity index (χ2n) is 7.31. The number of amides is 2. The van der Waals surface area contributed by atoms with Crippen molar-refractivity contribution in [2.45, 2.75) is 19.8 Å². The predicted molar refractivity (Wildman–Crippen MR) is 102 cm³/mol. The minimum absolute atomic E-state index is 0.0146. The molecule has 0 saturated carbocycles. The average molecular weight is 370 g/mol. The van der Waals surface area contributed by atoms with Crippen LogP contribution < -0.4 is 10.1 Å². The van der Waals surface area contributed by atoms with Crippen molar-refractivity contribution in [1.29, 1.82) is 0 Å². The van der Waals surface area contributed by atoms with Gasteiger partial charge in [-0.25, -0.2) is 0 Å². The number of rotatable bonds is 6. The summed E-state index contributed by atoms with van der Waals surface area (Å²) in [5, 5.41) is 3.02. The molecule has 1 saturated heterocycles. The van der Waals surface area contributed by atoms with E-state index in [0.29, 0.717) is 31.3 Å². The van der Waals surface area contributed by atoms with Gasteiger partial charge in [0.1, 0.15) is 5.75 Å². The SMILES string of the molecule is COc1ccc(C2CN(C(=O)c3ccco3)CC2C(=O)NCC(C)C)cc1. The fourth-order valence-corrected chi connectivity index (χ4v) is 3.42. The van der Waals surface area contributed by atoms with Crippen LogP contribution in [0, 0.1) is 11.8 Å². The number of furan rings is 1. The molecule has 1 N–H and O–H groups in total. The first kappa shape index (κ1) is 19.0. The van der Waals surface area contributed by atoms with Gasteiger partial charge in [-0.05, 0) is 35.7 Å². The Labute approximate surface area is 159 Å². The molecule has 0 bridgehead atoms. The van der Waals surface area contributed by atoms with Crippen molar-refractivity contribution < 1.29 is 18.7 Å². The van der Waals surface area contributed by atoms with Crippen LogP contribution in [0.3, 0.4) is 0 Å². The quantitative estimate of drug-likeness (QED) is 0.849. The van der Waals surface area contributed by atoms with Crippen LogP contribution in [0.4, 0.5) is 0 Å². The van der Waals surface area contributed by atoms with Crippen molar-refractivity contribution in [2.75, 3.05) is 26.7 Å². The van der Waals surface area contributed by atoms with E-state index < -0.39 is 0 Å². The summed E-state index contributed by atoms with van der Waals surface area (Å²) in [4.78, 5) is 27.2. The third-order valence-electron chi connectivity index (χ3n) is 4.90. The van der Waals surface area contributed by atoms with E-state index >= 15 is 0 Å². The number of hydrogen-bond acceptors (Lipinski definition) is 4. The van der Waals surface area contributed by atoms with E-state index in [-0.39, 0.29) is 23.7 Å². The Bertz CT molecular complexity index is 768. The molecule has 2 unspecified atom stereocenters. The van der Waals surface area contributed by atoms with Gasteiger partial charge in [0.15, 0.2) is 5.76 Å². The van der Waals surface area contributed by atoms with Crippen molar-refractivity contribution in [3.8, 4) is 5.75 Å². The highest BCUT2D eigenvalue weighted by Crippen LogP contribution is 2.34. The van der Waals surface area contributed by atoms with Crippen LogP contribution in [0.2, 0.25) is 0 Å². The van der Waals surface area contributed by atoms with Crippen molar-refractivity contribution in [3.05, 3.63) is 54.0 Å². The molecule has 0 spiro atoms. The Hall–Kier alpha value is -2.76. The third-order valence-corrected chi connectivity index (χ3v) is 4.90. The monoisotopic (exact) mass is 370 g/mol. The predicted octanol–water partition coefficient (Wildman–Crippen LogP) is 2.92. The van der Waals surface area contributed by atoms with Gasteiger partial charge in [0.05, 0.1) is 19.3 Å². The first-order chi connectivity index (χ1) is 13.0. The fourth-order valence-electron chi connectivity index (χ4n) is 3.42. The zero-order valence-electron chi connectivity index (χ0n) is 16.0. The fraction of sp³-hybridized carbons (Fsp3) is 0.429. The molecule has 2 aromatic rings. The Morgan fingerprint density at radius 2 is 1.96 bits per heavy atom.